The van der Waals surface area contributed by atoms with E-state index in [1.807, 2.05) is 0 Å². The first-order valence-electron chi connectivity index (χ1n) is 5.85. The Bertz CT molecular complexity index is 306. The van der Waals surface area contributed by atoms with E-state index in [0.29, 0.717) is 6.54 Å². The average molecular weight is 237 g/mol. The number of ether oxygens (including phenoxy) is 1. The average Bonchev–Trinajstić information content (AvgIpc) is 2.38. The third-order valence-corrected chi connectivity index (χ3v) is 4.36. The van der Waals surface area contributed by atoms with Crippen LogP contribution in [0.1, 0.15) is 24.0 Å². The second-order valence-electron chi connectivity index (χ2n) is 4.14. The van der Waals surface area contributed by atoms with Gasteiger partial charge in [-0.25, -0.2) is 0 Å². The van der Waals surface area contributed by atoms with Crippen LogP contribution < -0.4 is 5.73 Å². The predicted molar refractivity (Wildman–Crippen MR) is 69.5 cm³/mol. The number of rotatable bonds is 4. The van der Waals surface area contributed by atoms with Gasteiger partial charge < -0.3 is 10.5 Å². The lowest BCUT2D eigenvalue weighted by Gasteiger charge is -2.21. The van der Waals surface area contributed by atoms with Crippen LogP contribution in [0.3, 0.4) is 0 Å². The molecule has 0 spiro atoms. The van der Waals surface area contributed by atoms with E-state index in [2.05, 4.69) is 36.0 Å². The lowest BCUT2D eigenvalue weighted by molar-refractivity contribution is 0.1000. The van der Waals surface area contributed by atoms with Crippen LogP contribution in [-0.2, 0) is 17.0 Å². The number of hydrogen-bond donors (Lipinski definition) is 1. The van der Waals surface area contributed by atoms with E-state index in [-0.39, 0.29) is 0 Å². The van der Waals surface area contributed by atoms with Crippen molar-refractivity contribution in [1.82, 2.24) is 0 Å². The zero-order valence-corrected chi connectivity index (χ0v) is 10.3. The minimum Gasteiger partial charge on any atom is -0.381 e. The maximum atomic E-state index is 5.57. The molecule has 1 saturated heterocycles. The van der Waals surface area contributed by atoms with Crippen molar-refractivity contribution in [3.8, 4) is 0 Å². The Morgan fingerprint density at radius 2 is 1.75 bits per heavy atom. The molecule has 1 aliphatic heterocycles. The van der Waals surface area contributed by atoms with Crippen LogP contribution in [-0.4, -0.2) is 18.5 Å². The maximum absolute atomic E-state index is 5.57. The number of nitrogens with two attached hydrogens (primary N) is 1. The van der Waals surface area contributed by atoms with Crippen LogP contribution in [0.2, 0.25) is 0 Å². The Hall–Kier alpha value is -0.510. The summed E-state index contributed by atoms with van der Waals surface area (Å²) in [7, 11) is 0. The molecule has 0 amide bonds. The highest BCUT2D eigenvalue weighted by Gasteiger charge is 2.13. The van der Waals surface area contributed by atoms with Gasteiger partial charge in [-0.1, -0.05) is 24.3 Å². The van der Waals surface area contributed by atoms with Crippen molar-refractivity contribution < 1.29 is 4.74 Å². The van der Waals surface area contributed by atoms with E-state index in [0.717, 1.165) is 24.2 Å². The fourth-order valence-electron chi connectivity index (χ4n) is 1.83. The summed E-state index contributed by atoms with van der Waals surface area (Å²) in [6.07, 6.45) is 2.40. The first-order chi connectivity index (χ1) is 7.88. The predicted octanol–water partition coefficient (Wildman–Crippen LogP) is 2.56. The normalized spacial score (nSPS) is 17.6. The molecule has 0 unspecified atom stereocenters. The fraction of sp³-hybridized carbons (Fsp3) is 0.538. The van der Waals surface area contributed by atoms with Gasteiger partial charge in [0.1, 0.15) is 0 Å². The second-order valence-corrected chi connectivity index (χ2v) is 5.43. The number of benzene rings is 1. The zero-order valence-electron chi connectivity index (χ0n) is 9.52. The molecule has 2 rings (SSSR count). The monoisotopic (exact) mass is 237 g/mol. The summed E-state index contributed by atoms with van der Waals surface area (Å²) in [5.74, 6) is 1.11. The summed E-state index contributed by atoms with van der Waals surface area (Å²) < 4.78 is 5.35. The van der Waals surface area contributed by atoms with Gasteiger partial charge in [0.2, 0.25) is 0 Å². The molecule has 88 valence electrons. The molecule has 1 aromatic carbocycles. The highest BCUT2D eigenvalue weighted by atomic mass is 32.2. The van der Waals surface area contributed by atoms with Gasteiger partial charge in [0.25, 0.3) is 0 Å². The molecule has 0 aromatic heterocycles. The number of hydrogen-bond acceptors (Lipinski definition) is 3. The van der Waals surface area contributed by atoms with Gasteiger partial charge in [-0.2, -0.15) is 11.8 Å². The van der Waals surface area contributed by atoms with E-state index in [4.69, 9.17) is 10.5 Å². The number of thioether (sulfide) groups is 1. The Balaban J connectivity index is 1.79. The smallest absolute Gasteiger partial charge is 0.0476 e. The summed E-state index contributed by atoms with van der Waals surface area (Å²) in [5.41, 5.74) is 8.18. The van der Waals surface area contributed by atoms with Crippen molar-refractivity contribution in [1.29, 1.82) is 0 Å². The Kier molecular flexibility index (Phi) is 4.69. The lowest BCUT2D eigenvalue weighted by atomic mass is 10.1. The minimum absolute atomic E-state index is 0.632. The van der Waals surface area contributed by atoms with Crippen LogP contribution in [0.5, 0.6) is 0 Å². The molecular formula is C13H19NOS. The van der Waals surface area contributed by atoms with Gasteiger partial charge in [-0.15, -0.1) is 0 Å². The van der Waals surface area contributed by atoms with E-state index in [1.165, 1.54) is 24.0 Å². The van der Waals surface area contributed by atoms with E-state index in [1.54, 1.807) is 0 Å². The summed E-state index contributed by atoms with van der Waals surface area (Å²) >= 11 is 2.05. The maximum Gasteiger partial charge on any atom is 0.0476 e. The minimum atomic E-state index is 0.632. The molecule has 16 heavy (non-hydrogen) atoms. The molecule has 0 atom stereocenters. The molecule has 2 nitrogen and oxygen atoms in total. The Morgan fingerprint density at radius 3 is 2.38 bits per heavy atom. The molecule has 1 aliphatic rings. The SMILES string of the molecule is NCc1ccc(CSC2CCOCC2)cc1. The van der Waals surface area contributed by atoms with Gasteiger partial charge >= 0.3 is 0 Å². The Morgan fingerprint density at radius 1 is 1.12 bits per heavy atom. The largest absolute Gasteiger partial charge is 0.381 e. The van der Waals surface area contributed by atoms with Crippen LogP contribution in [0, 0.1) is 0 Å². The third-order valence-electron chi connectivity index (χ3n) is 2.91. The molecule has 1 fully saturated rings. The van der Waals surface area contributed by atoms with Crippen LogP contribution in [0.25, 0.3) is 0 Å². The van der Waals surface area contributed by atoms with Gasteiger partial charge in [0.15, 0.2) is 0 Å². The molecule has 0 radical (unpaired) electrons. The van der Waals surface area contributed by atoms with Crippen molar-refractivity contribution >= 4 is 11.8 Å². The highest BCUT2D eigenvalue weighted by molar-refractivity contribution is 7.99. The molecule has 1 heterocycles. The van der Waals surface area contributed by atoms with Gasteiger partial charge in [0, 0.05) is 30.8 Å². The molecule has 0 bridgehead atoms. The summed E-state index contributed by atoms with van der Waals surface area (Å²) in [6, 6.07) is 8.63. The first kappa shape index (κ1) is 12.0. The topological polar surface area (TPSA) is 35.2 Å². The molecule has 2 N–H and O–H groups in total. The van der Waals surface area contributed by atoms with Crippen LogP contribution in [0.15, 0.2) is 24.3 Å². The summed E-state index contributed by atoms with van der Waals surface area (Å²) in [4.78, 5) is 0. The van der Waals surface area contributed by atoms with Crippen molar-refractivity contribution in [2.75, 3.05) is 13.2 Å². The van der Waals surface area contributed by atoms with E-state index < -0.39 is 0 Å². The molecule has 0 aliphatic carbocycles. The molecule has 1 aromatic rings. The molecule has 3 heteroatoms. The van der Waals surface area contributed by atoms with E-state index >= 15 is 0 Å². The van der Waals surface area contributed by atoms with Crippen molar-refractivity contribution in [3.05, 3.63) is 35.4 Å². The summed E-state index contributed by atoms with van der Waals surface area (Å²) in [6.45, 7) is 2.50. The van der Waals surface area contributed by atoms with Gasteiger partial charge in [-0.05, 0) is 24.0 Å². The first-order valence-corrected chi connectivity index (χ1v) is 6.90. The van der Waals surface area contributed by atoms with Gasteiger partial charge in [-0.3, -0.25) is 0 Å². The van der Waals surface area contributed by atoms with Crippen LogP contribution >= 0.6 is 11.8 Å². The third kappa shape index (κ3) is 3.51. The molecular weight excluding hydrogens is 218 g/mol. The van der Waals surface area contributed by atoms with Gasteiger partial charge in [0.05, 0.1) is 0 Å². The standard InChI is InChI=1S/C13H19NOS/c14-9-11-1-3-12(4-2-11)10-16-13-5-7-15-8-6-13/h1-4,13H,5-10,14H2. The van der Waals surface area contributed by atoms with Crippen LogP contribution in [0.4, 0.5) is 0 Å². The second kappa shape index (κ2) is 6.28. The van der Waals surface area contributed by atoms with Crippen molar-refractivity contribution in [3.63, 3.8) is 0 Å². The molecule has 0 saturated carbocycles. The zero-order chi connectivity index (χ0) is 11.2. The lowest BCUT2D eigenvalue weighted by Crippen LogP contribution is -2.17. The van der Waals surface area contributed by atoms with E-state index in [9.17, 15) is 0 Å². The quantitative estimate of drug-likeness (QED) is 0.874. The Labute approximate surface area is 102 Å². The van der Waals surface area contributed by atoms with Crippen molar-refractivity contribution in [2.45, 2.75) is 30.4 Å². The fourth-order valence-corrected chi connectivity index (χ4v) is 2.97. The summed E-state index contributed by atoms with van der Waals surface area (Å²) in [5, 5.41) is 0.780. The van der Waals surface area contributed by atoms with Crippen molar-refractivity contribution in [2.24, 2.45) is 5.73 Å². The highest BCUT2D eigenvalue weighted by Crippen LogP contribution is 2.25.